The Labute approximate surface area is 130 Å². The molecule has 0 unspecified atom stereocenters. The Morgan fingerprint density at radius 2 is 1.95 bits per heavy atom. The number of aliphatic hydroxyl groups is 3. The molecule has 5 atom stereocenters. The van der Waals surface area contributed by atoms with Crippen molar-refractivity contribution >= 4 is 5.97 Å². The number of carbonyl (C=O) groups is 1. The molecule has 8 nitrogen and oxygen atoms in total. The number of rotatable bonds is 9. The summed E-state index contributed by atoms with van der Waals surface area (Å²) >= 11 is 0. The molecule has 0 aromatic carbocycles. The topological polar surface area (TPSA) is 131 Å². The van der Waals surface area contributed by atoms with Gasteiger partial charge >= 0.3 is 5.97 Å². The lowest BCUT2D eigenvalue weighted by Crippen LogP contribution is -2.59. The fraction of sp³-hybridized carbons (Fsp3) is 0.929. The Bertz CT molecular complexity index is 328. The predicted molar refractivity (Wildman–Crippen MR) is 76.8 cm³/mol. The lowest BCUT2D eigenvalue weighted by atomic mass is 9.97. The van der Waals surface area contributed by atoms with Gasteiger partial charge in [0.2, 0.25) is 0 Å². The second-order valence-corrected chi connectivity index (χ2v) is 5.33. The standard InChI is InChI=1S/C14H27NO7/c1-9(17)21-13-12(19)11(18)10(5-7-16)22-14(13)20-8-4-2-3-6-15/h10-14,16,18-19H,2-8,15H2,1H3/t10-,11-,12+,13+,14-/m1/s1. The van der Waals surface area contributed by atoms with Crippen LogP contribution in [0.4, 0.5) is 0 Å². The minimum absolute atomic E-state index is 0.151. The third kappa shape index (κ3) is 5.79. The molecule has 8 heteroatoms. The molecule has 1 rings (SSSR count). The minimum Gasteiger partial charge on any atom is -0.454 e. The van der Waals surface area contributed by atoms with E-state index in [1.807, 2.05) is 0 Å². The number of unbranched alkanes of at least 4 members (excludes halogenated alkanes) is 2. The lowest BCUT2D eigenvalue weighted by Gasteiger charge is -2.41. The van der Waals surface area contributed by atoms with Crippen LogP contribution in [0.3, 0.4) is 0 Å². The van der Waals surface area contributed by atoms with E-state index in [-0.39, 0.29) is 13.0 Å². The van der Waals surface area contributed by atoms with Gasteiger partial charge in [-0.2, -0.15) is 0 Å². The van der Waals surface area contributed by atoms with Crippen LogP contribution in [0.2, 0.25) is 0 Å². The fourth-order valence-electron chi connectivity index (χ4n) is 2.35. The van der Waals surface area contributed by atoms with Gasteiger partial charge in [0, 0.05) is 20.1 Å². The van der Waals surface area contributed by atoms with E-state index in [9.17, 15) is 15.0 Å². The lowest BCUT2D eigenvalue weighted by molar-refractivity contribution is -0.301. The zero-order valence-corrected chi connectivity index (χ0v) is 12.9. The van der Waals surface area contributed by atoms with E-state index in [1.54, 1.807) is 0 Å². The van der Waals surface area contributed by atoms with E-state index in [1.165, 1.54) is 6.92 Å². The van der Waals surface area contributed by atoms with Crippen molar-refractivity contribution < 1.29 is 34.3 Å². The van der Waals surface area contributed by atoms with Crippen LogP contribution in [-0.2, 0) is 19.0 Å². The zero-order valence-electron chi connectivity index (χ0n) is 12.9. The molecule has 0 radical (unpaired) electrons. The number of ether oxygens (including phenoxy) is 3. The number of aliphatic hydroxyl groups excluding tert-OH is 3. The molecule has 22 heavy (non-hydrogen) atoms. The summed E-state index contributed by atoms with van der Waals surface area (Å²) in [5.41, 5.74) is 5.41. The second-order valence-electron chi connectivity index (χ2n) is 5.33. The molecular weight excluding hydrogens is 294 g/mol. The van der Waals surface area contributed by atoms with E-state index in [4.69, 9.17) is 25.1 Å². The Morgan fingerprint density at radius 1 is 1.23 bits per heavy atom. The summed E-state index contributed by atoms with van der Waals surface area (Å²) in [5, 5.41) is 29.1. The molecule has 0 aliphatic carbocycles. The number of nitrogens with two attached hydrogens (primary N) is 1. The van der Waals surface area contributed by atoms with Gasteiger partial charge in [0.15, 0.2) is 12.4 Å². The van der Waals surface area contributed by atoms with Gasteiger partial charge in [-0.15, -0.1) is 0 Å². The zero-order chi connectivity index (χ0) is 16.5. The molecule has 130 valence electrons. The average Bonchev–Trinajstić information content (AvgIpc) is 2.47. The average molecular weight is 321 g/mol. The Balaban J connectivity index is 2.62. The van der Waals surface area contributed by atoms with Crippen LogP contribution < -0.4 is 5.73 Å². The van der Waals surface area contributed by atoms with Gasteiger partial charge in [-0.1, -0.05) is 0 Å². The van der Waals surface area contributed by atoms with Crippen molar-refractivity contribution in [2.45, 2.75) is 63.3 Å². The summed E-state index contributed by atoms with van der Waals surface area (Å²) in [6.45, 7) is 1.98. The number of carbonyl (C=O) groups excluding carboxylic acids is 1. The molecule has 1 heterocycles. The van der Waals surface area contributed by atoms with E-state index in [0.717, 1.165) is 19.3 Å². The molecule has 1 aliphatic heterocycles. The van der Waals surface area contributed by atoms with Crippen LogP contribution in [0.1, 0.15) is 32.6 Å². The Morgan fingerprint density at radius 3 is 2.55 bits per heavy atom. The third-order valence-electron chi connectivity index (χ3n) is 3.49. The maximum Gasteiger partial charge on any atom is 0.303 e. The van der Waals surface area contributed by atoms with Gasteiger partial charge < -0.3 is 35.3 Å². The van der Waals surface area contributed by atoms with E-state index >= 15 is 0 Å². The highest BCUT2D eigenvalue weighted by molar-refractivity contribution is 5.66. The molecule has 0 saturated carbocycles. The van der Waals surface area contributed by atoms with Crippen molar-refractivity contribution in [1.82, 2.24) is 0 Å². The van der Waals surface area contributed by atoms with Gasteiger partial charge in [0.05, 0.1) is 6.10 Å². The van der Waals surface area contributed by atoms with Crippen LogP contribution in [0.15, 0.2) is 0 Å². The predicted octanol–water partition coefficient (Wildman–Crippen LogP) is -1.11. The molecule has 0 aromatic rings. The van der Waals surface area contributed by atoms with Crippen molar-refractivity contribution in [1.29, 1.82) is 0 Å². The molecule has 0 aromatic heterocycles. The molecular formula is C14H27NO7. The second kappa shape index (κ2) is 10.1. The smallest absolute Gasteiger partial charge is 0.303 e. The quantitative estimate of drug-likeness (QED) is 0.311. The highest BCUT2D eigenvalue weighted by Crippen LogP contribution is 2.26. The molecule has 0 spiro atoms. The molecule has 1 fully saturated rings. The largest absolute Gasteiger partial charge is 0.454 e. The van der Waals surface area contributed by atoms with E-state index in [0.29, 0.717) is 13.2 Å². The minimum atomic E-state index is -1.33. The van der Waals surface area contributed by atoms with Gasteiger partial charge in [-0.05, 0) is 32.2 Å². The fourth-order valence-corrected chi connectivity index (χ4v) is 2.35. The summed E-state index contributed by atoms with van der Waals surface area (Å²) in [7, 11) is 0. The highest BCUT2D eigenvalue weighted by Gasteiger charge is 2.46. The van der Waals surface area contributed by atoms with Gasteiger partial charge in [-0.25, -0.2) is 0 Å². The van der Waals surface area contributed by atoms with Gasteiger partial charge in [0.25, 0.3) is 0 Å². The first-order valence-corrected chi connectivity index (χ1v) is 7.62. The monoisotopic (exact) mass is 321 g/mol. The molecule has 1 aliphatic rings. The Kier molecular flexibility index (Phi) is 8.84. The molecule has 1 saturated heterocycles. The summed E-state index contributed by atoms with van der Waals surface area (Å²) in [6, 6.07) is 0. The highest BCUT2D eigenvalue weighted by atomic mass is 16.7. The maximum atomic E-state index is 11.2. The number of hydrogen-bond acceptors (Lipinski definition) is 8. The summed E-state index contributed by atoms with van der Waals surface area (Å²) in [6.07, 6.45) is -2.75. The van der Waals surface area contributed by atoms with Gasteiger partial charge in [0.1, 0.15) is 12.2 Å². The maximum absolute atomic E-state index is 11.2. The molecule has 0 amide bonds. The third-order valence-corrected chi connectivity index (χ3v) is 3.49. The van der Waals surface area contributed by atoms with Crippen LogP contribution in [0, 0.1) is 0 Å². The van der Waals surface area contributed by atoms with Crippen molar-refractivity contribution in [2.24, 2.45) is 5.73 Å². The summed E-state index contributed by atoms with van der Waals surface area (Å²) in [5.74, 6) is -0.600. The van der Waals surface area contributed by atoms with Crippen LogP contribution >= 0.6 is 0 Å². The van der Waals surface area contributed by atoms with Crippen molar-refractivity contribution in [3.8, 4) is 0 Å². The normalized spacial score (nSPS) is 32.0. The number of hydrogen-bond donors (Lipinski definition) is 4. The van der Waals surface area contributed by atoms with E-state index < -0.39 is 36.7 Å². The van der Waals surface area contributed by atoms with Crippen LogP contribution in [-0.4, -0.2) is 71.8 Å². The van der Waals surface area contributed by atoms with Crippen LogP contribution in [0.25, 0.3) is 0 Å². The number of esters is 1. The first-order chi connectivity index (χ1) is 10.5. The van der Waals surface area contributed by atoms with Crippen LogP contribution in [0.5, 0.6) is 0 Å². The van der Waals surface area contributed by atoms with Crippen molar-refractivity contribution in [3.63, 3.8) is 0 Å². The van der Waals surface area contributed by atoms with E-state index in [2.05, 4.69) is 0 Å². The summed E-state index contributed by atoms with van der Waals surface area (Å²) in [4.78, 5) is 11.2. The Hall–Kier alpha value is -0.770. The van der Waals surface area contributed by atoms with Crippen molar-refractivity contribution in [3.05, 3.63) is 0 Å². The van der Waals surface area contributed by atoms with Gasteiger partial charge in [-0.3, -0.25) is 4.79 Å². The first kappa shape index (κ1) is 19.3. The van der Waals surface area contributed by atoms with Crippen molar-refractivity contribution in [2.75, 3.05) is 19.8 Å². The summed E-state index contributed by atoms with van der Waals surface area (Å²) < 4.78 is 16.1. The first-order valence-electron chi connectivity index (χ1n) is 7.62. The molecule has 5 N–H and O–H groups in total. The molecule has 0 bridgehead atoms. The SMILES string of the molecule is CC(=O)O[C@@H]1[C@H](OCCCCCN)O[C@H](CCO)[C@@H](O)[C@@H]1O.